The van der Waals surface area contributed by atoms with Crippen molar-refractivity contribution >= 4 is 21.8 Å². The van der Waals surface area contributed by atoms with E-state index in [1.807, 2.05) is 19.1 Å². The second-order valence-electron chi connectivity index (χ2n) is 4.25. The lowest BCUT2D eigenvalue weighted by atomic mass is 10.1. The predicted octanol–water partition coefficient (Wildman–Crippen LogP) is 3.48. The molecule has 0 bridgehead atoms. The van der Waals surface area contributed by atoms with Gasteiger partial charge in [-0.15, -0.1) is 0 Å². The smallest absolute Gasteiger partial charge is 0.252 e. The molecule has 0 saturated heterocycles. The van der Waals surface area contributed by atoms with E-state index >= 15 is 0 Å². The highest BCUT2D eigenvalue weighted by atomic mass is 79.9. The molecule has 1 aromatic carbocycles. The fourth-order valence-corrected chi connectivity index (χ4v) is 2.34. The van der Waals surface area contributed by atoms with Crippen molar-refractivity contribution in [3.05, 3.63) is 63.6 Å². The summed E-state index contributed by atoms with van der Waals surface area (Å²) in [5.74, 6) is -0.784. The highest BCUT2D eigenvalue weighted by Crippen LogP contribution is 2.20. The van der Waals surface area contributed by atoms with Crippen LogP contribution in [0.1, 0.15) is 28.5 Å². The van der Waals surface area contributed by atoms with Gasteiger partial charge < -0.3 is 5.32 Å². The van der Waals surface area contributed by atoms with E-state index in [9.17, 15) is 9.18 Å². The fourth-order valence-electron chi connectivity index (χ4n) is 1.89. The monoisotopic (exact) mass is 336 g/mol. The molecule has 1 heterocycles. The average molecular weight is 337 g/mol. The number of pyridine rings is 1. The van der Waals surface area contributed by atoms with Crippen molar-refractivity contribution < 1.29 is 9.18 Å². The molecule has 1 N–H and O–H groups in total. The molecule has 1 aromatic heterocycles. The third-order valence-corrected chi connectivity index (χ3v) is 3.78. The first-order chi connectivity index (χ1) is 9.63. The van der Waals surface area contributed by atoms with Crippen LogP contribution in [0.5, 0.6) is 0 Å². The Morgan fingerprint density at radius 2 is 2.15 bits per heavy atom. The van der Waals surface area contributed by atoms with Gasteiger partial charge in [0.25, 0.3) is 5.91 Å². The van der Waals surface area contributed by atoms with Gasteiger partial charge in [-0.25, -0.2) is 4.39 Å². The zero-order valence-corrected chi connectivity index (χ0v) is 12.6. The van der Waals surface area contributed by atoms with Crippen molar-refractivity contribution in [1.82, 2.24) is 10.3 Å². The van der Waals surface area contributed by atoms with Gasteiger partial charge in [-0.3, -0.25) is 9.78 Å². The van der Waals surface area contributed by atoms with Crippen molar-refractivity contribution in [3.63, 3.8) is 0 Å². The van der Waals surface area contributed by atoms with Crippen molar-refractivity contribution in [3.8, 4) is 0 Å². The highest BCUT2D eigenvalue weighted by molar-refractivity contribution is 9.10. The van der Waals surface area contributed by atoms with E-state index in [1.165, 1.54) is 12.1 Å². The van der Waals surface area contributed by atoms with Crippen LogP contribution in [0.2, 0.25) is 0 Å². The molecule has 5 heteroatoms. The Kier molecular flexibility index (Phi) is 4.84. The van der Waals surface area contributed by atoms with Crippen LogP contribution >= 0.6 is 15.9 Å². The topological polar surface area (TPSA) is 42.0 Å². The highest BCUT2D eigenvalue weighted by Gasteiger charge is 2.13. The number of hydrogen-bond donors (Lipinski definition) is 1. The summed E-state index contributed by atoms with van der Waals surface area (Å²) in [6, 6.07) is 8.23. The first-order valence-electron chi connectivity index (χ1n) is 6.28. The molecule has 0 atom stereocenters. The van der Waals surface area contributed by atoms with Gasteiger partial charge in [0.1, 0.15) is 5.82 Å². The Bertz CT molecular complexity index is 631. The van der Waals surface area contributed by atoms with E-state index in [2.05, 4.69) is 26.2 Å². The van der Waals surface area contributed by atoms with Gasteiger partial charge in [0, 0.05) is 6.20 Å². The van der Waals surface area contributed by atoms with Crippen LogP contribution in [0.4, 0.5) is 4.39 Å². The summed E-state index contributed by atoms with van der Waals surface area (Å²) >= 11 is 3.08. The number of hydrogen-bond acceptors (Lipinski definition) is 2. The SMILES string of the molecule is CCc1cccnc1CNC(=O)c1cccc(F)c1Br. The molecule has 0 fully saturated rings. The van der Waals surface area contributed by atoms with E-state index in [0.717, 1.165) is 17.7 Å². The molecule has 0 aliphatic rings. The second kappa shape index (κ2) is 6.61. The summed E-state index contributed by atoms with van der Waals surface area (Å²) in [5.41, 5.74) is 2.20. The van der Waals surface area contributed by atoms with Crippen molar-refractivity contribution in [2.75, 3.05) is 0 Å². The molecule has 1 amide bonds. The average Bonchev–Trinajstić information content (AvgIpc) is 2.48. The molecular formula is C15H14BrFN2O. The Morgan fingerprint density at radius 3 is 2.90 bits per heavy atom. The van der Waals surface area contributed by atoms with Crippen molar-refractivity contribution in [2.24, 2.45) is 0 Å². The van der Waals surface area contributed by atoms with Crippen LogP contribution in [0.3, 0.4) is 0 Å². The maximum absolute atomic E-state index is 13.4. The number of benzene rings is 1. The molecule has 0 saturated carbocycles. The maximum Gasteiger partial charge on any atom is 0.252 e. The van der Waals surface area contributed by atoms with E-state index < -0.39 is 5.82 Å². The lowest BCUT2D eigenvalue weighted by molar-refractivity contribution is 0.0949. The van der Waals surface area contributed by atoms with E-state index in [4.69, 9.17) is 0 Å². The van der Waals surface area contributed by atoms with Crippen LogP contribution in [-0.4, -0.2) is 10.9 Å². The predicted molar refractivity (Wildman–Crippen MR) is 78.9 cm³/mol. The number of carbonyl (C=O) groups is 1. The quantitative estimate of drug-likeness (QED) is 0.928. The third-order valence-electron chi connectivity index (χ3n) is 2.98. The van der Waals surface area contributed by atoms with Gasteiger partial charge in [-0.1, -0.05) is 19.1 Å². The molecule has 3 nitrogen and oxygen atoms in total. The molecule has 0 radical (unpaired) electrons. The molecule has 20 heavy (non-hydrogen) atoms. The maximum atomic E-state index is 13.4. The summed E-state index contributed by atoms with van der Waals surface area (Å²) in [7, 11) is 0. The molecule has 2 aromatic rings. The zero-order chi connectivity index (χ0) is 14.5. The molecule has 104 valence electrons. The number of rotatable bonds is 4. The van der Waals surface area contributed by atoms with Crippen LogP contribution < -0.4 is 5.32 Å². The van der Waals surface area contributed by atoms with Crippen LogP contribution in [-0.2, 0) is 13.0 Å². The second-order valence-corrected chi connectivity index (χ2v) is 5.04. The number of nitrogens with zero attached hydrogens (tertiary/aromatic N) is 1. The van der Waals surface area contributed by atoms with E-state index in [-0.39, 0.29) is 15.9 Å². The molecule has 0 spiro atoms. The first-order valence-corrected chi connectivity index (χ1v) is 7.07. The molecular weight excluding hydrogens is 323 g/mol. The first kappa shape index (κ1) is 14.7. The molecule has 0 aliphatic carbocycles. The number of nitrogens with one attached hydrogen (secondary N) is 1. The summed E-state index contributed by atoms with van der Waals surface area (Å²) in [4.78, 5) is 16.3. The zero-order valence-electron chi connectivity index (χ0n) is 11.0. The van der Waals surface area contributed by atoms with Crippen molar-refractivity contribution in [2.45, 2.75) is 19.9 Å². The largest absolute Gasteiger partial charge is 0.346 e. The minimum absolute atomic E-state index is 0.175. The van der Waals surface area contributed by atoms with Crippen LogP contribution in [0.15, 0.2) is 41.0 Å². The van der Waals surface area contributed by atoms with Crippen molar-refractivity contribution in [1.29, 1.82) is 0 Å². The fraction of sp³-hybridized carbons (Fsp3) is 0.200. The Labute approximate surface area is 125 Å². The summed E-state index contributed by atoms with van der Waals surface area (Å²) in [6.45, 7) is 2.36. The van der Waals surface area contributed by atoms with E-state index in [1.54, 1.807) is 12.3 Å². The number of aromatic nitrogens is 1. The Morgan fingerprint density at radius 1 is 1.35 bits per heavy atom. The minimum Gasteiger partial charge on any atom is -0.346 e. The lowest BCUT2D eigenvalue weighted by Crippen LogP contribution is -2.24. The normalized spacial score (nSPS) is 10.3. The van der Waals surface area contributed by atoms with Gasteiger partial charge >= 0.3 is 0 Å². The standard InChI is InChI=1S/C15H14BrFN2O/c1-2-10-5-4-8-18-13(10)9-19-15(20)11-6-3-7-12(17)14(11)16/h3-8H,2,9H2,1H3,(H,19,20). The van der Waals surface area contributed by atoms with Crippen LogP contribution in [0, 0.1) is 5.82 Å². The van der Waals surface area contributed by atoms with Gasteiger partial charge in [0.15, 0.2) is 0 Å². The Hall–Kier alpha value is -1.75. The summed E-state index contributed by atoms with van der Waals surface area (Å²) in [6.07, 6.45) is 2.54. The molecule has 2 rings (SSSR count). The number of aryl methyl sites for hydroxylation is 1. The Balaban J connectivity index is 2.11. The third kappa shape index (κ3) is 3.22. The number of carbonyl (C=O) groups excluding carboxylic acids is 1. The van der Waals surface area contributed by atoms with Gasteiger partial charge in [0.2, 0.25) is 0 Å². The lowest BCUT2D eigenvalue weighted by Gasteiger charge is -2.09. The van der Waals surface area contributed by atoms with Gasteiger partial charge in [-0.2, -0.15) is 0 Å². The number of halogens is 2. The van der Waals surface area contributed by atoms with Gasteiger partial charge in [0.05, 0.1) is 22.3 Å². The summed E-state index contributed by atoms with van der Waals surface area (Å²) < 4.78 is 13.6. The molecule has 0 unspecified atom stereocenters. The minimum atomic E-state index is -0.454. The van der Waals surface area contributed by atoms with E-state index in [0.29, 0.717) is 6.54 Å². The van der Waals surface area contributed by atoms with Crippen LogP contribution in [0.25, 0.3) is 0 Å². The molecule has 0 aliphatic heterocycles. The number of amides is 1. The summed E-state index contributed by atoms with van der Waals surface area (Å²) in [5, 5.41) is 2.76. The van der Waals surface area contributed by atoms with Gasteiger partial charge in [-0.05, 0) is 46.1 Å².